The van der Waals surface area contributed by atoms with Crippen LogP contribution in [-0.4, -0.2) is 89.6 Å². The summed E-state index contributed by atoms with van der Waals surface area (Å²) < 4.78 is 0. The SMILES string of the molecule is CC(C)C[C@H](N)C(=O)N1CCC[C@H]1C(=O)N[C@@H](CCC(N)=O)C(=O)N[C@@H](CCCN=C(N)N)C(=O)N[C@@H](Cc1ccccc1)C(N)=O. The lowest BCUT2D eigenvalue weighted by atomic mass is 10.0. The van der Waals surface area contributed by atoms with Gasteiger partial charge in [0.2, 0.25) is 35.4 Å². The van der Waals surface area contributed by atoms with Gasteiger partial charge >= 0.3 is 0 Å². The lowest BCUT2D eigenvalue weighted by Gasteiger charge is -2.29. The van der Waals surface area contributed by atoms with Gasteiger partial charge < -0.3 is 49.5 Å². The van der Waals surface area contributed by atoms with E-state index in [-0.39, 0.29) is 56.4 Å². The maximum atomic E-state index is 13.6. The molecule has 0 aliphatic carbocycles. The number of rotatable bonds is 19. The van der Waals surface area contributed by atoms with Crippen LogP contribution >= 0.6 is 0 Å². The lowest BCUT2D eigenvalue weighted by molar-refractivity contribution is -0.140. The Hall–Kier alpha value is -4.73. The van der Waals surface area contributed by atoms with Crippen molar-refractivity contribution < 1.29 is 28.8 Å². The van der Waals surface area contributed by atoms with E-state index in [0.29, 0.717) is 25.8 Å². The number of benzene rings is 1. The number of aliphatic imine (C=N–C) groups is 1. The summed E-state index contributed by atoms with van der Waals surface area (Å²) >= 11 is 0. The van der Waals surface area contributed by atoms with Crippen molar-refractivity contribution in [1.82, 2.24) is 20.9 Å². The predicted molar refractivity (Wildman–Crippen MR) is 176 cm³/mol. The van der Waals surface area contributed by atoms with E-state index in [9.17, 15) is 28.8 Å². The zero-order valence-corrected chi connectivity index (χ0v) is 27.2. The van der Waals surface area contributed by atoms with Gasteiger partial charge in [0.15, 0.2) is 5.96 Å². The molecule has 260 valence electrons. The number of hydrogen-bond donors (Lipinski definition) is 8. The molecule has 47 heavy (non-hydrogen) atoms. The highest BCUT2D eigenvalue weighted by Crippen LogP contribution is 2.20. The van der Waals surface area contributed by atoms with Crippen LogP contribution < -0.4 is 44.6 Å². The summed E-state index contributed by atoms with van der Waals surface area (Å²) in [6.07, 6.45) is 1.41. The van der Waals surface area contributed by atoms with Crippen LogP contribution in [0.1, 0.15) is 64.4 Å². The first-order chi connectivity index (χ1) is 22.2. The van der Waals surface area contributed by atoms with Crippen molar-refractivity contribution in [1.29, 1.82) is 0 Å². The van der Waals surface area contributed by atoms with Crippen molar-refractivity contribution in [2.24, 2.45) is 39.6 Å². The third-order valence-corrected chi connectivity index (χ3v) is 7.71. The minimum atomic E-state index is -1.28. The van der Waals surface area contributed by atoms with Gasteiger partial charge in [-0.2, -0.15) is 0 Å². The molecule has 0 saturated carbocycles. The van der Waals surface area contributed by atoms with E-state index in [2.05, 4.69) is 20.9 Å². The van der Waals surface area contributed by atoms with E-state index >= 15 is 0 Å². The van der Waals surface area contributed by atoms with Gasteiger partial charge in [0.1, 0.15) is 24.2 Å². The van der Waals surface area contributed by atoms with Crippen molar-refractivity contribution in [2.45, 2.75) is 95.4 Å². The molecule has 1 aliphatic heterocycles. The highest BCUT2D eigenvalue weighted by Gasteiger charge is 2.38. The molecular weight excluding hydrogens is 608 g/mol. The second-order valence-corrected chi connectivity index (χ2v) is 12.2. The molecule has 0 radical (unpaired) electrons. The Morgan fingerprint density at radius 1 is 0.894 bits per heavy atom. The Labute approximate surface area is 275 Å². The van der Waals surface area contributed by atoms with Crippen LogP contribution in [0.2, 0.25) is 0 Å². The van der Waals surface area contributed by atoms with Gasteiger partial charge in [-0.3, -0.25) is 33.8 Å². The Morgan fingerprint density at radius 3 is 2.09 bits per heavy atom. The molecule has 1 aromatic carbocycles. The van der Waals surface area contributed by atoms with Crippen molar-refractivity contribution in [3.8, 4) is 0 Å². The number of nitrogens with one attached hydrogen (secondary N) is 3. The topological polar surface area (TPSA) is 284 Å². The first-order valence-electron chi connectivity index (χ1n) is 15.8. The predicted octanol–water partition coefficient (Wildman–Crippen LogP) is -2.15. The minimum Gasteiger partial charge on any atom is -0.370 e. The Kier molecular flexibility index (Phi) is 15.6. The molecule has 1 heterocycles. The average molecular weight is 659 g/mol. The summed E-state index contributed by atoms with van der Waals surface area (Å²) in [7, 11) is 0. The highest BCUT2D eigenvalue weighted by atomic mass is 16.2. The molecule has 0 unspecified atom stereocenters. The first kappa shape index (κ1) is 38.5. The third kappa shape index (κ3) is 13.3. The van der Waals surface area contributed by atoms with Crippen LogP contribution in [0.15, 0.2) is 35.3 Å². The number of amides is 6. The third-order valence-electron chi connectivity index (χ3n) is 7.71. The quantitative estimate of drug-likeness (QED) is 0.0456. The van der Waals surface area contributed by atoms with Gasteiger partial charge in [0.05, 0.1) is 6.04 Å². The normalized spacial score (nSPS) is 16.8. The molecule has 5 atom stereocenters. The molecule has 2 rings (SSSR count). The number of likely N-dealkylation sites (tertiary alicyclic amines) is 1. The van der Waals surface area contributed by atoms with E-state index in [1.807, 2.05) is 13.8 Å². The van der Waals surface area contributed by atoms with Crippen molar-refractivity contribution >= 4 is 41.4 Å². The van der Waals surface area contributed by atoms with Crippen molar-refractivity contribution in [3.05, 3.63) is 35.9 Å². The first-order valence-corrected chi connectivity index (χ1v) is 15.8. The average Bonchev–Trinajstić information content (AvgIpc) is 3.50. The minimum absolute atomic E-state index is 0.0559. The second kappa shape index (κ2) is 19.1. The maximum Gasteiger partial charge on any atom is 0.243 e. The van der Waals surface area contributed by atoms with Crippen molar-refractivity contribution in [2.75, 3.05) is 13.1 Å². The second-order valence-electron chi connectivity index (χ2n) is 12.2. The number of carbonyl (C=O) groups excluding carboxylic acids is 6. The van der Waals surface area contributed by atoms with Gasteiger partial charge in [-0.25, -0.2) is 0 Å². The van der Waals surface area contributed by atoms with E-state index in [1.54, 1.807) is 30.3 Å². The maximum absolute atomic E-state index is 13.6. The summed E-state index contributed by atoms with van der Waals surface area (Å²) in [5.41, 5.74) is 28.6. The molecule has 0 bridgehead atoms. The Morgan fingerprint density at radius 2 is 1.51 bits per heavy atom. The number of primary amides is 2. The number of nitrogens with zero attached hydrogens (tertiary/aromatic N) is 2. The van der Waals surface area contributed by atoms with E-state index in [1.165, 1.54) is 4.90 Å². The molecule has 0 aromatic heterocycles. The fourth-order valence-corrected chi connectivity index (χ4v) is 5.34. The summed E-state index contributed by atoms with van der Waals surface area (Å²) in [6, 6.07) is 3.73. The lowest BCUT2D eigenvalue weighted by Crippen LogP contribution is -2.58. The van der Waals surface area contributed by atoms with Gasteiger partial charge in [0.25, 0.3) is 0 Å². The zero-order valence-electron chi connectivity index (χ0n) is 27.2. The molecule has 6 amide bonds. The fourth-order valence-electron chi connectivity index (χ4n) is 5.34. The number of hydrogen-bond acceptors (Lipinski definition) is 8. The monoisotopic (exact) mass is 658 g/mol. The summed E-state index contributed by atoms with van der Waals surface area (Å²) in [5.74, 6) is -3.87. The van der Waals surface area contributed by atoms with Crippen LogP contribution in [-0.2, 0) is 35.2 Å². The largest absolute Gasteiger partial charge is 0.370 e. The van der Waals surface area contributed by atoms with Crippen LogP contribution in [0.5, 0.6) is 0 Å². The number of carbonyl (C=O) groups is 6. The van der Waals surface area contributed by atoms with Gasteiger partial charge in [-0.15, -0.1) is 0 Å². The molecule has 16 heteroatoms. The summed E-state index contributed by atoms with van der Waals surface area (Å²) in [5, 5.41) is 7.87. The molecule has 1 aliphatic rings. The fraction of sp³-hybridized carbons (Fsp3) is 0.581. The molecular formula is C31H50N10O6. The van der Waals surface area contributed by atoms with Crippen LogP contribution in [0.4, 0.5) is 0 Å². The molecule has 0 spiro atoms. The van der Waals surface area contributed by atoms with Crippen LogP contribution in [0.25, 0.3) is 0 Å². The van der Waals surface area contributed by atoms with E-state index < -0.39 is 59.7 Å². The van der Waals surface area contributed by atoms with Crippen LogP contribution in [0, 0.1) is 5.92 Å². The van der Waals surface area contributed by atoms with Gasteiger partial charge in [-0.05, 0) is 50.0 Å². The smallest absolute Gasteiger partial charge is 0.243 e. The number of guanidine groups is 1. The van der Waals surface area contributed by atoms with Crippen LogP contribution in [0.3, 0.4) is 0 Å². The summed E-state index contributed by atoms with van der Waals surface area (Å²) in [6.45, 7) is 4.37. The molecule has 16 nitrogen and oxygen atoms in total. The van der Waals surface area contributed by atoms with Crippen molar-refractivity contribution in [3.63, 3.8) is 0 Å². The molecule has 1 aromatic rings. The molecule has 1 fully saturated rings. The van der Waals surface area contributed by atoms with Gasteiger partial charge in [0, 0.05) is 25.9 Å². The van der Waals surface area contributed by atoms with E-state index in [4.69, 9.17) is 28.7 Å². The van der Waals surface area contributed by atoms with E-state index in [0.717, 1.165) is 5.56 Å². The zero-order chi connectivity index (χ0) is 35.1. The Balaban J connectivity index is 2.24. The number of nitrogens with two attached hydrogens (primary N) is 5. The van der Waals surface area contributed by atoms with Gasteiger partial charge in [-0.1, -0.05) is 44.2 Å². The Bertz CT molecular complexity index is 1270. The highest BCUT2D eigenvalue weighted by molar-refractivity contribution is 5.96. The molecule has 13 N–H and O–H groups in total. The molecule has 1 saturated heterocycles. The summed E-state index contributed by atoms with van der Waals surface area (Å²) in [4.78, 5) is 82.7. The standard InChI is InChI=1S/C31H50N10O6/c1-18(2)16-20(32)30(47)41-15-7-11-24(41)29(46)39-22(12-13-25(33)42)28(45)38-21(10-6-14-37-31(35)36)27(44)40-23(26(34)43)17-19-8-4-3-5-9-19/h3-5,8-9,18,20-24H,6-7,10-17,32H2,1-2H3,(H2,33,42)(H2,34,43)(H,38,45)(H,39,46)(H,40,44)(H4,35,36,37)/t20-,21-,22-,23-,24-/m0/s1.